The number of hydrogen-bond donors (Lipinski definition) is 1. The molecule has 1 amide bonds. The molecule has 2 aliphatic rings. The van der Waals surface area contributed by atoms with Crippen LogP contribution in [0.25, 0.3) is 0 Å². The summed E-state index contributed by atoms with van der Waals surface area (Å²) >= 11 is 0. The van der Waals surface area contributed by atoms with Crippen molar-refractivity contribution >= 4 is 11.7 Å². The molecule has 2 aromatic rings. The Bertz CT molecular complexity index is 888. The monoisotopic (exact) mass is 416 g/mol. The number of carbonyl (C=O) groups is 1. The third-order valence-corrected chi connectivity index (χ3v) is 4.52. The van der Waals surface area contributed by atoms with Crippen LogP contribution in [0, 0.1) is 6.92 Å². The number of aryl methyl sites for hydroxylation is 1. The summed E-state index contributed by atoms with van der Waals surface area (Å²) in [5.41, 5.74) is 0. The van der Waals surface area contributed by atoms with Gasteiger partial charge in [-0.15, -0.1) is 0 Å². The van der Waals surface area contributed by atoms with E-state index < -0.39 is 0 Å². The fraction of sp³-hybridized carbons (Fsp3) is 0.450. The van der Waals surface area contributed by atoms with Crippen molar-refractivity contribution in [2.24, 2.45) is 0 Å². The molecule has 1 aromatic heterocycles. The largest absolute Gasteiger partial charge is 0.484 e. The summed E-state index contributed by atoms with van der Waals surface area (Å²) in [6, 6.07) is 6.98. The highest BCUT2D eigenvalue weighted by Gasteiger charge is 2.15. The van der Waals surface area contributed by atoms with E-state index in [2.05, 4.69) is 20.2 Å². The van der Waals surface area contributed by atoms with Crippen LogP contribution < -0.4 is 29.2 Å². The molecule has 0 spiro atoms. The molecule has 0 atom stereocenters. The molecule has 4 rings (SSSR count). The number of benzene rings is 1. The van der Waals surface area contributed by atoms with Crippen molar-refractivity contribution in [1.82, 2.24) is 15.3 Å². The first-order valence-corrected chi connectivity index (χ1v) is 9.78. The maximum absolute atomic E-state index is 12.0. The van der Waals surface area contributed by atoms with Crippen LogP contribution in [0.3, 0.4) is 0 Å². The predicted octanol–water partition coefficient (Wildman–Crippen LogP) is 0.924. The Labute approximate surface area is 174 Å². The molecule has 10 nitrogen and oxygen atoms in total. The van der Waals surface area contributed by atoms with E-state index in [9.17, 15) is 4.79 Å². The quantitative estimate of drug-likeness (QED) is 0.629. The fourth-order valence-corrected chi connectivity index (χ4v) is 3.07. The van der Waals surface area contributed by atoms with Crippen molar-refractivity contribution in [2.45, 2.75) is 6.92 Å². The number of morpholine rings is 1. The van der Waals surface area contributed by atoms with Gasteiger partial charge >= 0.3 is 0 Å². The first-order chi connectivity index (χ1) is 14.7. The summed E-state index contributed by atoms with van der Waals surface area (Å²) in [6.45, 7) is 5.47. The smallest absolute Gasteiger partial charge is 0.258 e. The van der Waals surface area contributed by atoms with E-state index in [0.29, 0.717) is 48.7 Å². The molecule has 2 aliphatic heterocycles. The summed E-state index contributed by atoms with van der Waals surface area (Å²) in [5.74, 6) is 3.51. The number of rotatable bonds is 8. The molecule has 0 bridgehead atoms. The minimum Gasteiger partial charge on any atom is -0.484 e. The number of ether oxygens (including phenoxy) is 5. The van der Waals surface area contributed by atoms with Crippen molar-refractivity contribution in [2.75, 3.05) is 57.8 Å². The molecule has 1 aromatic carbocycles. The van der Waals surface area contributed by atoms with Crippen molar-refractivity contribution < 1.29 is 28.5 Å². The predicted molar refractivity (Wildman–Crippen MR) is 106 cm³/mol. The van der Waals surface area contributed by atoms with Crippen LogP contribution in [-0.2, 0) is 9.53 Å². The van der Waals surface area contributed by atoms with E-state index >= 15 is 0 Å². The van der Waals surface area contributed by atoms with Gasteiger partial charge in [-0.2, -0.15) is 4.98 Å². The molecule has 0 saturated carbocycles. The van der Waals surface area contributed by atoms with Gasteiger partial charge in [0.15, 0.2) is 18.1 Å². The zero-order valence-corrected chi connectivity index (χ0v) is 16.8. The third-order valence-electron chi connectivity index (χ3n) is 4.52. The lowest BCUT2D eigenvalue weighted by Crippen LogP contribution is -2.37. The Morgan fingerprint density at radius 1 is 1.13 bits per heavy atom. The molecular formula is C20H24N4O6. The van der Waals surface area contributed by atoms with Crippen LogP contribution >= 0.6 is 0 Å². The normalized spacial score (nSPS) is 15.0. The van der Waals surface area contributed by atoms with Gasteiger partial charge in [-0.3, -0.25) is 4.79 Å². The number of nitrogens with one attached hydrogen (secondary N) is 1. The Morgan fingerprint density at radius 3 is 2.83 bits per heavy atom. The Hall–Kier alpha value is -3.27. The van der Waals surface area contributed by atoms with Crippen LogP contribution in [0.4, 0.5) is 5.82 Å². The Balaban J connectivity index is 1.19. The average Bonchev–Trinajstić information content (AvgIpc) is 3.23. The van der Waals surface area contributed by atoms with Gasteiger partial charge < -0.3 is 33.9 Å². The number of carbonyl (C=O) groups excluding carboxylic acids is 1. The summed E-state index contributed by atoms with van der Waals surface area (Å²) in [5, 5.41) is 2.75. The molecule has 3 heterocycles. The van der Waals surface area contributed by atoms with Crippen molar-refractivity contribution in [3.05, 3.63) is 30.1 Å². The minimum atomic E-state index is -0.246. The highest BCUT2D eigenvalue weighted by Crippen LogP contribution is 2.35. The molecule has 0 aliphatic carbocycles. The van der Waals surface area contributed by atoms with E-state index in [1.807, 2.05) is 13.0 Å². The first kappa shape index (κ1) is 20.0. The van der Waals surface area contributed by atoms with Gasteiger partial charge in [-0.05, 0) is 19.1 Å². The van der Waals surface area contributed by atoms with E-state index in [1.54, 1.807) is 18.2 Å². The van der Waals surface area contributed by atoms with Gasteiger partial charge in [0.1, 0.15) is 24.0 Å². The zero-order valence-electron chi connectivity index (χ0n) is 16.8. The summed E-state index contributed by atoms with van der Waals surface area (Å²) in [7, 11) is 0. The Kier molecular flexibility index (Phi) is 6.33. The van der Waals surface area contributed by atoms with Gasteiger partial charge in [0.25, 0.3) is 5.91 Å². The maximum Gasteiger partial charge on any atom is 0.258 e. The van der Waals surface area contributed by atoms with Crippen molar-refractivity contribution in [3.63, 3.8) is 0 Å². The standard InChI is InChI=1S/C20H24N4O6/c1-14-22-18(24-5-8-26-9-6-24)11-20(23-14)27-7-4-21-19(25)12-28-15-2-3-16-17(10-15)30-13-29-16/h2-3,10-11H,4-9,12-13H2,1H3,(H,21,25). The second-order valence-corrected chi connectivity index (χ2v) is 6.71. The number of hydrogen-bond acceptors (Lipinski definition) is 9. The lowest BCUT2D eigenvalue weighted by molar-refractivity contribution is -0.123. The lowest BCUT2D eigenvalue weighted by atomic mass is 10.3. The number of amides is 1. The van der Waals surface area contributed by atoms with Crippen LogP contribution in [-0.4, -0.2) is 68.7 Å². The zero-order chi connectivity index (χ0) is 20.8. The highest BCUT2D eigenvalue weighted by molar-refractivity contribution is 5.77. The van der Waals surface area contributed by atoms with Crippen LogP contribution in [0.5, 0.6) is 23.1 Å². The Morgan fingerprint density at radius 2 is 1.97 bits per heavy atom. The molecule has 1 saturated heterocycles. The van der Waals surface area contributed by atoms with Crippen LogP contribution in [0.15, 0.2) is 24.3 Å². The van der Waals surface area contributed by atoms with Crippen LogP contribution in [0.2, 0.25) is 0 Å². The SMILES string of the molecule is Cc1nc(OCCNC(=O)COc2ccc3c(c2)OCO3)cc(N2CCOCC2)n1. The number of fused-ring (bicyclic) bond motifs is 1. The lowest BCUT2D eigenvalue weighted by Gasteiger charge is -2.28. The molecule has 0 radical (unpaired) electrons. The molecule has 0 unspecified atom stereocenters. The van der Waals surface area contributed by atoms with Crippen molar-refractivity contribution in [1.29, 1.82) is 0 Å². The second kappa shape index (κ2) is 9.49. The first-order valence-electron chi connectivity index (χ1n) is 9.78. The summed E-state index contributed by atoms with van der Waals surface area (Å²) in [4.78, 5) is 22.9. The van der Waals surface area contributed by atoms with Gasteiger partial charge in [0, 0.05) is 25.2 Å². The minimum absolute atomic E-state index is 0.104. The molecular weight excluding hydrogens is 392 g/mol. The van der Waals surface area contributed by atoms with Crippen molar-refractivity contribution in [3.8, 4) is 23.1 Å². The maximum atomic E-state index is 12.0. The number of nitrogens with zero attached hydrogens (tertiary/aromatic N) is 3. The van der Waals surface area contributed by atoms with E-state index in [-0.39, 0.29) is 25.9 Å². The molecule has 1 fully saturated rings. The van der Waals surface area contributed by atoms with E-state index in [4.69, 9.17) is 23.7 Å². The summed E-state index contributed by atoms with van der Waals surface area (Å²) in [6.07, 6.45) is 0. The topological polar surface area (TPSA) is 104 Å². The second-order valence-electron chi connectivity index (χ2n) is 6.71. The van der Waals surface area contributed by atoms with Gasteiger partial charge in [0.2, 0.25) is 12.7 Å². The van der Waals surface area contributed by atoms with E-state index in [1.165, 1.54) is 0 Å². The molecule has 30 heavy (non-hydrogen) atoms. The van der Waals surface area contributed by atoms with E-state index in [0.717, 1.165) is 18.9 Å². The van der Waals surface area contributed by atoms with Gasteiger partial charge in [-0.1, -0.05) is 0 Å². The molecule has 1 N–H and O–H groups in total. The number of anilines is 1. The average molecular weight is 416 g/mol. The fourth-order valence-electron chi connectivity index (χ4n) is 3.07. The number of aromatic nitrogens is 2. The van der Waals surface area contributed by atoms with Gasteiger partial charge in [-0.25, -0.2) is 4.98 Å². The van der Waals surface area contributed by atoms with Crippen LogP contribution in [0.1, 0.15) is 5.82 Å². The summed E-state index contributed by atoms with van der Waals surface area (Å²) < 4.78 is 27.1. The third kappa shape index (κ3) is 5.20. The molecule has 10 heteroatoms. The highest BCUT2D eigenvalue weighted by atomic mass is 16.7. The molecule has 160 valence electrons. The van der Waals surface area contributed by atoms with Gasteiger partial charge in [0.05, 0.1) is 19.8 Å².